The predicted octanol–water partition coefficient (Wildman–Crippen LogP) is 3.73. The fourth-order valence-electron chi connectivity index (χ4n) is 4.12. The molecule has 1 aliphatic rings. The number of carbonyl (C=O) groups excluding carboxylic acids is 2. The number of amides is 1. The lowest BCUT2D eigenvalue weighted by molar-refractivity contribution is -0.142. The maximum absolute atomic E-state index is 13.9. The van der Waals surface area contributed by atoms with Gasteiger partial charge in [-0.3, -0.25) is 14.4 Å². The number of halogens is 1. The zero-order valence-corrected chi connectivity index (χ0v) is 19.7. The van der Waals surface area contributed by atoms with Crippen LogP contribution >= 0.6 is 0 Å². The highest BCUT2D eigenvalue weighted by molar-refractivity contribution is 5.89. The van der Waals surface area contributed by atoms with E-state index in [2.05, 4.69) is 5.32 Å². The third-order valence-corrected chi connectivity index (χ3v) is 5.98. The molecule has 2 N–H and O–H groups in total. The van der Waals surface area contributed by atoms with Crippen LogP contribution in [0.4, 0.5) is 4.39 Å². The number of carboxylic acids is 1. The number of fused-ring (bicyclic) bond motifs is 2. The quantitative estimate of drug-likeness (QED) is 0.647. The van der Waals surface area contributed by atoms with Crippen LogP contribution in [0.25, 0.3) is 0 Å². The lowest BCUT2D eigenvalue weighted by Crippen LogP contribution is -2.43. The van der Waals surface area contributed by atoms with Crippen LogP contribution < -0.4 is 10.1 Å². The molecule has 2 aromatic rings. The van der Waals surface area contributed by atoms with Crippen molar-refractivity contribution in [3.05, 3.63) is 65.5 Å². The van der Waals surface area contributed by atoms with Gasteiger partial charge in [0.25, 0.3) is 0 Å². The Labute approximate surface area is 204 Å². The molecular weight excluding hydrogens is 453 g/mol. The number of aliphatic carboxylic acids is 1. The number of ether oxygens (including phenoxy) is 2. The van der Waals surface area contributed by atoms with Crippen molar-refractivity contribution >= 4 is 17.7 Å². The first-order valence-electron chi connectivity index (χ1n) is 12.0. The second kappa shape index (κ2) is 13.6. The maximum Gasteiger partial charge on any atom is 0.304 e. The highest BCUT2D eigenvalue weighted by atomic mass is 19.1. The minimum absolute atomic E-state index is 0.142. The van der Waals surface area contributed by atoms with Crippen molar-refractivity contribution in [2.45, 2.75) is 51.0 Å². The van der Waals surface area contributed by atoms with Gasteiger partial charge in [-0.1, -0.05) is 30.3 Å². The van der Waals surface area contributed by atoms with E-state index in [0.717, 1.165) is 5.56 Å². The molecule has 0 aromatic heterocycles. The normalized spacial score (nSPS) is 20.0. The first kappa shape index (κ1) is 26.3. The van der Waals surface area contributed by atoms with Crippen LogP contribution in [0, 0.1) is 11.7 Å². The summed E-state index contributed by atoms with van der Waals surface area (Å²) >= 11 is 0. The molecule has 1 heterocycles. The number of aryl methyl sites for hydroxylation is 2. The molecule has 2 atom stereocenters. The van der Waals surface area contributed by atoms with Gasteiger partial charge in [-0.15, -0.1) is 0 Å². The minimum Gasteiger partial charge on any atom is -0.491 e. The molecule has 0 aliphatic carbocycles. The van der Waals surface area contributed by atoms with Gasteiger partial charge in [-0.25, -0.2) is 4.39 Å². The van der Waals surface area contributed by atoms with Crippen LogP contribution in [-0.4, -0.2) is 48.6 Å². The van der Waals surface area contributed by atoms with Gasteiger partial charge in [0.05, 0.1) is 31.6 Å². The van der Waals surface area contributed by atoms with Gasteiger partial charge in [0, 0.05) is 12.8 Å². The van der Waals surface area contributed by atoms with Crippen LogP contribution in [0.5, 0.6) is 5.75 Å². The zero-order chi connectivity index (χ0) is 25.0. The molecule has 3 rings (SSSR count). The number of hydrogen-bond donors (Lipinski definition) is 2. The maximum atomic E-state index is 13.9. The molecule has 0 radical (unpaired) electrons. The summed E-state index contributed by atoms with van der Waals surface area (Å²) in [5, 5.41) is 12.2. The predicted molar refractivity (Wildman–Crippen MR) is 128 cm³/mol. The third-order valence-electron chi connectivity index (χ3n) is 5.98. The first-order chi connectivity index (χ1) is 16.9. The SMILES string of the molecule is O=C(O)C[C@@H]1CC(=O)CCc2cccc(c2)OCCOC[C@@H](CCCc2ccccc2F)NC1=O. The first-order valence-corrected chi connectivity index (χ1v) is 12.0. The van der Waals surface area contributed by atoms with E-state index in [1.165, 1.54) is 6.07 Å². The molecule has 0 saturated carbocycles. The average Bonchev–Trinajstić information content (AvgIpc) is 2.82. The fourth-order valence-corrected chi connectivity index (χ4v) is 4.12. The summed E-state index contributed by atoms with van der Waals surface area (Å²) in [6.07, 6.45) is 1.72. The van der Waals surface area contributed by atoms with Crippen LogP contribution in [0.2, 0.25) is 0 Å². The number of carbonyl (C=O) groups is 3. The van der Waals surface area contributed by atoms with Gasteiger partial charge < -0.3 is 19.9 Å². The second-order valence-corrected chi connectivity index (χ2v) is 8.80. The van der Waals surface area contributed by atoms with Crippen molar-refractivity contribution in [1.29, 1.82) is 0 Å². The van der Waals surface area contributed by atoms with Crippen LogP contribution in [0.3, 0.4) is 0 Å². The molecule has 0 saturated heterocycles. The van der Waals surface area contributed by atoms with Gasteiger partial charge >= 0.3 is 5.97 Å². The molecule has 2 bridgehead atoms. The van der Waals surface area contributed by atoms with Gasteiger partial charge in [0.15, 0.2) is 0 Å². The van der Waals surface area contributed by atoms with E-state index in [0.29, 0.717) is 50.2 Å². The van der Waals surface area contributed by atoms with E-state index in [9.17, 15) is 23.9 Å². The smallest absolute Gasteiger partial charge is 0.304 e. The van der Waals surface area contributed by atoms with Gasteiger partial charge in [0.1, 0.15) is 24.0 Å². The van der Waals surface area contributed by atoms with Crippen LogP contribution in [0.15, 0.2) is 48.5 Å². The summed E-state index contributed by atoms with van der Waals surface area (Å²) < 4.78 is 25.4. The molecule has 0 unspecified atom stereocenters. The van der Waals surface area contributed by atoms with E-state index >= 15 is 0 Å². The Morgan fingerprint density at radius 1 is 1.09 bits per heavy atom. The molecule has 1 aliphatic heterocycles. The largest absolute Gasteiger partial charge is 0.491 e. The average molecular weight is 486 g/mol. The summed E-state index contributed by atoms with van der Waals surface area (Å²) in [5.74, 6) is -2.33. The Hall–Kier alpha value is -3.26. The molecule has 0 fully saturated rings. The van der Waals surface area contributed by atoms with Gasteiger partial charge in [0.2, 0.25) is 5.91 Å². The van der Waals surface area contributed by atoms with Crippen LogP contribution in [0.1, 0.15) is 43.2 Å². The van der Waals surface area contributed by atoms with Crippen LogP contribution in [-0.2, 0) is 32.0 Å². The fraction of sp³-hybridized carbons (Fsp3) is 0.444. The monoisotopic (exact) mass is 485 g/mol. The summed E-state index contributed by atoms with van der Waals surface area (Å²) in [5.41, 5.74) is 1.52. The third kappa shape index (κ3) is 9.13. The van der Waals surface area contributed by atoms with E-state index in [-0.39, 0.29) is 31.0 Å². The molecule has 2 aromatic carbocycles. The number of carboxylic acid groups (broad SMARTS) is 1. The minimum atomic E-state index is -1.13. The van der Waals surface area contributed by atoms with Gasteiger partial charge in [-0.05, 0) is 55.0 Å². The van der Waals surface area contributed by atoms with E-state index in [4.69, 9.17) is 9.47 Å². The van der Waals surface area contributed by atoms with Crippen molar-refractivity contribution in [3.63, 3.8) is 0 Å². The number of Topliss-reactive ketones (excluding diaryl/α,β-unsaturated/α-hetero) is 1. The standard InChI is InChI=1S/C27H32FNO6/c28-25-10-2-1-6-20(25)7-4-8-22-18-34-13-14-35-24-9-3-5-19(15-24)11-12-23(30)16-21(17-26(31)32)27(33)29-22/h1-3,5-6,9-10,15,21-22H,4,7-8,11-14,16-18H2,(H,29,33)(H,31,32)/t21-,22+/m0/s1. The Balaban J connectivity index is 1.69. The van der Waals surface area contributed by atoms with Crippen molar-refractivity contribution in [2.24, 2.45) is 5.92 Å². The highest BCUT2D eigenvalue weighted by Crippen LogP contribution is 2.18. The highest BCUT2D eigenvalue weighted by Gasteiger charge is 2.26. The number of hydrogen-bond acceptors (Lipinski definition) is 5. The van der Waals surface area contributed by atoms with Crippen molar-refractivity contribution in [3.8, 4) is 5.75 Å². The molecule has 188 valence electrons. The summed E-state index contributed by atoms with van der Waals surface area (Å²) in [7, 11) is 0. The number of rotatable bonds is 6. The Kier molecular flexibility index (Phi) is 10.2. The molecule has 8 heteroatoms. The van der Waals surface area contributed by atoms with Crippen molar-refractivity contribution in [1.82, 2.24) is 5.32 Å². The Morgan fingerprint density at radius 2 is 1.91 bits per heavy atom. The summed E-state index contributed by atoms with van der Waals surface area (Å²) in [6, 6.07) is 13.6. The van der Waals surface area contributed by atoms with Crippen molar-refractivity contribution < 1.29 is 33.4 Å². The molecule has 0 spiro atoms. The Morgan fingerprint density at radius 3 is 2.71 bits per heavy atom. The zero-order valence-electron chi connectivity index (χ0n) is 19.7. The van der Waals surface area contributed by atoms with E-state index in [1.807, 2.05) is 24.3 Å². The Bertz CT molecular complexity index is 1010. The summed E-state index contributed by atoms with van der Waals surface area (Å²) in [4.78, 5) is 36.9. The molecule has 7 nitrogen and oxygen atoms in total. The second-order valence-electron chi connectivity index (χ2n) is 8.80. The number of nitrogens with one attached hydrogen (secondary N) is 1. The lowest BCUT2D eigenvalue weighted by atomic mass is 9.94. The number of benzene rings is 2. The molecule has 1 amide bonds. The van der Waals surface area contributed by atoms with Gasteiger partial charge in [-0.2, -0.15) is 0 Å². The topological polar surface area (TPSA) is 102 Å². The summed E-state index contributed by atoms with van der Waals surface area (Å²) in [6.45, 7) is 0.820. The molecule has 35 heavy (non-hydrogen) atoms. The van der Waals surface area contributed by atoms with E-state index < -0.39 is 30.3 Å². The lowest BCUT2D eigenvalue weighted by Gasteiger charge is -2.22. The molecular formula is C27H32FNO6. The number of ketones is 1. The van der Waals surface area contributed by atoms with E-state index in [1.54, 1.807) is 18.2 Å². The van der Waals surface area contributed by atoms with Crippen molar-refractivity contribution in [2.75, 3.05) is 19.8 Å².